The Balaban J connectivity index is 2.85. The highest BCUT2D eigenvalue weighted by Gasteiger charge is 2.23. The fourth-order valence-corrected chi connectivity index (χ4v) is 1.52. The zero-order chi connectivity index (χ0) is 16.0. The van der Waals surface area contributed by atoms with Gasteiger partial charge in [-0.3, -0.25) is 9.59 Å². The zero-order valence-electron chi connectivity index (χ0n) is 11.6. The van der Waals surface area contributed by atoms with Crippen molar-refractivity contribution < 1.29 is 14.0 Å². The van der Waals surface area contributed by atoms with E-state index in [2.05, 4.69) is 5.32 Å². The molecule has 0 fully saturated rings. The van der Waals surface area contributed by atoms with Gasteiger partial charge < -0.3 is 10.2 Å². The third-order valence-corrected chi connectivity index (χ3v) is 2.91. The SMILES string of the molecule is C[C@@H](CC#N)N(C)C(=O)C(=O)Nc1ccc(F)cc1C#N. The lowest BCUT2D eigenvalue weighted by atomic mass is 10.2. The minimum Gasteiger partial charge on any atom is -0.334 e. The number of carbonyl (C=O) groups is 2. The molecule has 0 heterocycles. The molecule has 1 aromatic rings. The monoisotopic (exact) mass is 288 g/mol. The van der Waals surface area contributed by atoms with E-state index in [9.17, 15) is 14.0 Å². The molecule has 0 aromatic heterocycles. The van der Waals surface area contributed by atoms with Crippen LogP contribution in [0.3, 0.4) is 0 Å². The number of carbonyl (C=O) groups excluding carboxylic acids is 2. The van der Waals surface area contributed by atoms with E-state index in [4.69, 9.17) is 10.5 Å². The summed E-state index contributed by atoms with van der Waals surface area (Å²) in [5.41, 5.74) is -0.0255. The van der Waals surface area contributed by atoms with Crippen molar-refractivity contribution in [1.82, 2.24) is 4.90 Å². The molecule has 1 aromatic carbocycles. The molecule has 1 rings (SSSR count). The van der Waals surface area contributed by atoms with Crippen molar-refractivity contribution in [3.63, 3.8) is 0 Å². The Bertz CT molecular complexity index is 645. The maximum atomic E-state index is 13.0. The van der Waals surface area contributed by atoms with Gasteiger partial charge >= 0.3 is 11.8 Å². The van der Waals surface area contributed by atoms with Crippen LogP contribution >= 0.6 is 0 Å². The number of anilines is 1. The summed E-state index contributed by atoms with van der Waals surface area (Å²) in [5, 5.41) is 19.7. The van der Waals surface area contributed by atoms with Gasteiger partial charge in [-0.25, -0.2) is 4.39 Å². The molecule has 108 valence electrons. The van der Waals surface area contributed by atoms with Crippen molar-refractivity contribution >= 4 is 17.5 Å². The number of benzene rings is 1. The molecule has 1 N–H and O–H groups in total. The zero-order valence-corrected chi connectivity index (χ0v) is 11.6. The van der Waals surface area contributed by atoms with Gasteiger partial charge in [-0.15, -0.1) is 0 Å². The van der Waals surface area contributed by atoms with E-state index in [1.165, 1.54) is 13.1 Å². The summed E-state index contributed by atoms with van der Waals surface area (Å²) in [6.07, 6.45) is 0.0928. The minimum absolute atomic E-state index is 0.0542. The van der Waals surface area contributed by atoms with Gasteiger partial charge in [-0.2, -0.15) is 10.5 Å². The molecular formula is C14H13FN4O2. The van der Waals surface area contributed by atoms with E-state index in [0.717, 1.165) is 17.0 Å². The number of nitrogens with one attached hydrogen (secondary N) is 1. The largest absolute Gasteiger partial charge is 0.334 e. The molecule has 2 amide bonds. The summed E-state index contributed by atoms with van der Waals surface area (Å²) in [4.78, 5) is 24.8. The Kier molecular flexibility index (Phi) is 5.39. The molecule has 0 bridgehead atoms. The first kappa shape index (κ1) is 16.1. The second kappa shape index (κ2) is 7.01. The normalized spacial score (nSPS) is 10.9. The maximum Gasteiger partial charge on any atom is 0.313 e. The summed E-state index contributed by atoms with van der Waals surface area (Å²) in [6.45, 7) is 1.63. The van der Waals surface area contributed by atoms with Gasteiger partial charge in [0.1, 0.15) is 11.9 Å². The lowest BCUT2D eigenvalue weighted by molar-refractivity contribution is -0.143. The van der Waals surface area contributed by atoms with Crippen LogP contribution in [0, 0.1) is 28.5 Å². The number of hydrogen-bond donors (Lipinski definition) is 1. The molecule has 0 aliphatic carbocycles. The van der Waals surface area contributed by atoms with Gasteiger partial charge in [0.25, 0.3) is 0 Å². The molecule has 0 radical (unpaired) electrons. The standard InChI is InChI=1S/C14H13FN4O2/c1-9(5-6-16)19(2)14(21)13(20)18-12-4-3-11(15)7-10(12)8-17/h3-4,7,9H,5H2,1-2H3,(H,18,20)/t9-/m0/s1. The third kappa shape index (κ3) is 4.02. The predicted molar refractivity (Wildman–Crippen MR) is 72.2 cm³/mol. The van der Waals surface area contributed by atoms with Crippen LogP contribution in [-0.4, -0.2) is 29.8 Å². The lowest BCUT2D eigenvalue weighted by Crippen LogP contribution is -2.42. The van der Waals surface area contributed by atoms with Crippen molar-refractivity contribution in [2.45, 2.75) is 19.4 Å². The van der Waals surface area contributed by atoms with Crippen LogP contribution in [-0.2, 0) is 9.59 Å². The number of halogens is 1. The van der Waals surface area contributed by atoms with Crippen molar-refractivity contribution in [2.24, 2.45) is 0 Å². The predicted octanol–water partition coefficient (Wildman–Crippen LogP) is 1.40. The number of likely N-dealkylation sites (N-methyl/N-ethyl adjacent to an activating group) is 1. The molecule has 0 aliphatic heterocycles. The van der Waals surface area contributed by atoms with Crippen LogP contribution in [0.25, 0.3) is 0 Å². The summed E-state index contributed by atoms with van der Waals surface area (Å²) >= 11 is 0. The highest BCUT2D eigenvalue weighted by molar-refractivity contribution is 6.39. The van der Waals surface area contributed by atoms with Crippen LogP contribution < -0.4 is 5.32 Å². The third-order valence-electron chi connectivity index (χ3n) is 2.91. The molecule has 0 saturated carbocycles. The Hall–Kier alpha value is -2.93. The summed E-state index contributed by atoms with van der Waals surface area (Å²) in [6, 6.07) is 6.46. The molecule has 0 aliphatic rings. The number of nitriles is 2. The van der Waals surface area contributed by atoms with Gasteiger partial charge in [-0.1, -0.05) is 0 Å². The van der Waals surface area contributed by atoms with Crippen LogP contribution in [0.5, 0.6) is 0 Å². The molecule has 0 spiro atoms. The Morgan fingerprint density at radius 2 is 2.10 bits per heavy atom. The van der Waals surface area contributed by atoms with Crippen LogP contribution in [0.2, 0.25) is 0 Å². The fourth-order valence-electron chi connectivity index (χ4n) is 1.52. The van der Waals surface area contributed by atoms with Crippen LogP contribution in [0.4, 0.5) is 10.1 Å². The summed E-state index contributed by atoms with van der Waals surface area (Å²) in [7, 11) is 1.40. The highest BCUT2D eigenvalue weighted by atomic mass is 19.1. The van der Waals surface area contributed by atoms with Gasteiger partial charge in [0, 0.05) is 13.1 Å². The number of rotatable bonds is 3. The molecule has 7 heteroatoms. The van der Waals surface area contributed by atoms with E-state index in [1.54, 1.807) is 13.0 Å². The Labute approximate surface area is 121 Å². The molecular weight excluding hydrogens is 275 g/mol. The second-order valence-electron chi connectivity index (χ2n) is 4.38. The van der Waals surface area contributed by atoms with Crippen molar-refractivity contribution in [2.75, 3.05) is 12.4 Å². The molecule has 0 saturated heterocycles. The first-order valence-corrected chi connectivity index (χ1v) is 6.05. The van der Waals surface area contributed by atoms with E-state index in [1.807, 2.05) is 6.07 Å². The fraction of sp³-hybridized carbons (Fsp3) is 0.286. The summed E-state index contributed by atoms with van der Waals surface area (Å²) < 4.78 is 13.0. The van der Waals surface area contributed by atoms with Gasteiger partial charge in [-0.05, 0) is 25.1 Å². The Morgan fingerprint density at radius 3 is 2.67 bits per heavy atom. The maximum absolute atomic E-state index is 13.0. The van der Waals surface area contributed by atoms with Crippen molar-refractivity contribution in [1.29, 1.82) is 10.5 Å². The molecule has 0 unspecified atom stereocenters. The average Bonchev–Trinajstić information content (AvgIpc) is 2.47. The number of amides is 2. The lowest BCUT2D eigenvalue weighted by Gasteiger charge is -2.22. The quantitative estimate of drug-likeness (QED) is 0.850. The van der Waals surface area contributed by atoms with E-state index in [-0.39, 0.29) is 17.7 Å². The van der Waals surface area contributed by atoms with Crippen LogP contribution in [0.15, 0.2) is 18.2 Å². The highest BCUT2D eigenvalue weighted by Crippen LogP contribution is 2.16. The van der Waals surface area contributed by atoms with E-state index in [0.29, 0.717) is 0 Å². The second-order valence-corrected chi connectivity index (χ2v) is 4.38. The minimum atomic E-state index is -0.953. The van der Waals surface area contributed by atoms with Gasteiger partial charge in [0.15, 0.2) is 0 Å². The first-order chi connectivity index (χ1) is 9.90. The number of nitrogens with zero attached hydrogens (tertiary/aromatic N) is 3. The molecule has 1 atom stereocenters. The van der Waals surface area contributed by atoms with E-state index < -0.39 is 23.7 Å². The summed E-state index contributed by atoms with van der Waals surface area (Å²) in [5.74, 6) is -2.41. The van der Waals surface area contributed by atoms with Crippen molar-refractivity contribution in [3.8, 4) is 12.1 Å². The Morgan fingerprint density at radius 1 is 1.43 bits per heavy atom. The van der Waals surface area contributed by atoms with E-state index >= 15 is 0 Å². The first-order valence-electron chi connectivity index (χ1n) is 6.05. The van der Waals surface area contributed by atoms with Crippen molar-refractivity contribution in [3.05, 3.63) is 29.6 Å². The van der Waals surface area contributed by atoms with Crippen LogP contribution in [0.1, 0.15) is 18.9 Å². The topological polar surface area (TPSA) is 97.0 Å². The van der Waals surface area contributed by atoms with Gasteiger partial charge in [0.2, 0.25) is 0 Å². The average molecular weight is 288 g/mol. The smallest absolute Gasteiger partial charge is 0.313 e. The number of hydrogen-bond acceptors (Lipinski definition) is 4. The molecule has 21 heavy (non-hydrogen) atoms. The van der Waals surface area contributed by atoms with Gasteiger partial charge in [0.05, 0.1) is 23.7 Å². The molecule has 6 nitrogen and oxygen atoms in total.